The van der Waals surface area contributed by atoms with Crippen molar-refractivity contribution in [1.29, 1.82) is 0 Å². The largest absolute Gasteiger partial charge is 0.496 e. The molecule has 0 bridgehead atoms. The zero-order valence-corrected chi connectivity index (χ0v) is 18.3. The molecule has 0 fully saturated rings. The first-order valence-electron chi connectivity index (χ1n) is 9.40. The number of nitrogens with zero attached hydrogens (tertiary/aromatic N) is 1. The van der Waals surface area contributed by atoms with Gasteiger partial charge < -0.3 is 15.4 Å². The molecular formula is C22H22ClN3O3S. The molecule has 2 amide bonds. The molecule has 0 radical (unpaired) electrons. The summed E-state index contributed by atoms with van der Waals surface area (Å²) in [7, 11) is 1.62. The Hall–Kier alpha value is -2.90. The molecule has 0 unspecified atom stereocenters. The lowest BCUT2D eigenvalue weighted by molar-refractivity contribution is -0.116. The van der Waals surface area contributed by atoms with Crippen LogP contribution in [-0.2, 0) is 4.79 Å². The average molecular weight is 444 g/mol. The van der Waals surface area contributed by atoms with Gasteiger partial charge in [-0.1, -0.05) is 23.2 Å². The molecule has 0 aliphatic rings. The van der Waals surface area contributed by atoms with Crippen LogP contribution in [0.1, 0.15) is 28.8 Å². The lowest BCUT2D eigenvalue weighted by Gasteiger charge is -2.07. The lowest BCUT2D eigenvalue weighted by Crippen LogP contribution is -2.25. The number of carbonyl (C=O) groups is 2. The Morgan fingerprint density at radius 1 is 1.17 bits per heavy atom. The summed E-state index contributed by atoms with van der Waals surface area (Å²) in [5.41, 5.74) is 3.28. The van der Waals surface area contributed by atoms with Crippen molar-refractivity contribution in [3.05, 3.63) is 64.0 Å². The highest BCUT2D eigenvalue weighted by Crippen LogP contribution is 2.33. The Morgan fingerprint density at radius 3 is 2.67 bits per heavy atom. The van der Waals surface area contributed by atoms with Gasteiger partial charge in [-0.3, -0.25) is 9.59 Å². The van der Waals surface area contributed by atoms with Crippen LogP contribution >= 0.6 is 22.9 Å². The zero-order chi connectivity index (χ0) is 21.5. The normalized spacial score (nSPS) is 10.5. The quantitative estimate of drug-likeness (QED) is 0.484. The van der Waals surface area contributed by atoms with E-state index in [1.165, 1.54) is 11.3 Å². The van der Waals surface area contributed by atoms with Gasteiger partial charge in [0.15, 0.2) is 5.13 Å². The third-order valence-electron chi connectivity index (χ3n) is 4.35. The van der Waals surface area contributed by atoms with E-state index in [1.54, 1.807) is 31.4 Å². The van der Waals surface area contributed by atoms with Crippen molar-refractivity contribution in [3.63, 3.8) is 0 Å². The number of thiazole rings is 1. The second kappa shape index (κ2) is 10.2. The topological polar surface area (TPSA) is 80.3 Å². The number of amides is 2. The number of halogens is 1. The Labute approximate surface area is 184 Å². The van der Waals surface area contributed by atoms with Gasteiger partial charge in [0.1, 0.15) is 5.75 Å². The number of aryl methyl sites for hydroxylation is 1. The Bertz CT molecular complexity index is 1030. The Balaban J connectivity index is 1.47. The van der Waals surface area contributed by atoms with Crippen LogP contribution in [-0.4, -0.2) is 30.5 Å². The summed E-state index contributed by atoms with van der Waals surface area (Å²) in [6.07, 6.45) is 0.804. The van der Waals surface area contributed by atoms with Crippen LogP contribution < -0.4 is 15.4 Å². The van der Waals surface area contributed by atoms with Crippen LogP contribution in [0.15, 0.2) is 47.8 Å². The number of aromatic nitrogens is 1. The third-order valence-corrected chi connectivity index (χ3v) is 5.36. The third kappa shape index (κ3) is 5.81. The van der Waals surface area contributed by atoms with Gasteiger partial charge in [-0.2, -0.15) is 0 Å². The fourth-order valence-corrected chi connectivity index (χ4v) is 3.67. The maximum Gasteiger partial charge on any atom is 0.251 e. The summed E-state index contributed by atoms with van der Waals surface area (Å²) in [5, 5.41) is 8.60. The first kappa shape index (κ1) is 21.8. The number of hydrogen-bond acceptors (Lipinski definition) is 5. The molecule has 156 valence electrons. The number of anilines is 1. The van der Waals surface area contributed by atoms with Gasteiger partial charge in [0.2, 0.25) is 5.91 Å². The molecule has 3 aromatic rings. The van der Waals surface area contributed by atoms with Crippen molar-refractivity contribution in [2.24, 2.45) is 0 Å². The number of carbonyl (C=O) groups excluding carboxylic acids is 2. The Morgan fingerprint density at radius 2 is 1.93 bits per heavy atom. The molecule has 0 saturated heterocycles. The van der Waals surface area contributed by atoms with Crippen LogP contribution in [0.2, 0.25) is 5.02 Å². The average Bonchev–Trinajstić information content (AvgIpc) is 3.19. The van der Waals surface area contributed by atoms with Crippen LogP contribution in [0.3, 0.4) is 0 Å². The minimum Gasteiger partial charge on any atom is -0.496 e. The van der Waals surface area contributed by atoms with E-state index in [9.17, 15) is 9.59 Å². The van der Waals surface area contributed by atoms with Crippen molar-refractivity contribution in [1.82, 2.24) is 10.3 Å². The van der Waals surface area contributed by atoms with Crippen molar-refractivity contribution in [3.8, 4) is 17.0 Å². The molecule has 6 nitrogen and oxygen atoms in total. The number of nitrogens with one attached hydrogen (secondary N) is 2. The van der Waals surface area contributed by atoms with E-state index in [0.29, 0.717) is 28.7 Å². The highest BCUT2D eigenvalue weighted by atomic mass is 35.5. The minimum absolute atomic E-state index is 0.146. The van der Waals surface area contributed by atoms with Crippen molar-refractivity contribution in [2.45, 2.75) is 19.8 Å². The lowest BCUT2D eigenvalue weighted by atomic mass is 10.1. The predicted molar refractivity (Wildman–Crippen MR) is 120 cm³/mol. The summed E-state index contributed by atoms with van der Waals surface area (Å²) >= 11 is 7.18. The molecule has 1 heterocycles. The Kier molecular flexibility index (Phi) is 7.43. The van der Waals surface area contributed by atoms with Gasteiger partial charge in [0.05, 0.1) is 12.8 Å². The van der Waals surface area contributed by atoms with E-state index >= 15 is 0 Å². The minimum atomic E-state index is -0.191. The summed E-state index contributed by atoms with van der Waals surface area (Å²) < 4.78 is 5.40. The fraction of sp³-hybridized carbons (Fsp3) is 0.227. The highest BCUT2D eigenvalue weighted by Gasteiger charge is 2.12. The van der Waals surface area contributed by atoms with E-state index in [1.807, 2.05) is 30.5 Å². The van der Waals surface area contributed by atoms with Gasteiger partial charge in [-0.25, -0.2) is 4.98 Å². The number of rotatable bonds is 8. The number of benzene rings is 2. The highest BCUT2D eigenvalue weighted by molar-refractivity contribution is 7.14. The van der Waals surface area contributed by atoms with E-state index in [2.05, 4.69) is 15.6 Å². The smallest absolute Gasteiger partial charge is 0.251 e. The number of methoxy groups -OCH3 is 1. The van der Waals surface area contributed by atoms with E-state index in [-0.39, 0.29) is 18.2 Å². The summed E-state index contributed by atoms with van der Waals surface area (Å²) in [6, 6.07) is 12.5. The molecule has 2 N–H and O–H groups in total. The summed E-state index contributed by atoms with van der Waals surface area (Å²) in [6.45, 7) is 2.40. The molecule has 0 spiro atoms. The van der Waals surface area contributed by atoms with E-state index in [0.717, 1.165) is 22.6 Å². The van der Waals surface area contributed by atoms with Gasteiger partial charge in [-0.05, 0) is 49.7 Å². The maximum atomic E-state index is 12.2. The van der Waals surface area contributed by atoms with Gasteiger partial charge in [0, 0.05) is 34.5 Å². The second-order valence-corrected chi connectivity index (χ2v) is 7.95. The fourth-order valence-electron chi connectivity index (χ4n) is 2.81. The maximum absolute atomic E-state index is 12.2. The standard InChI is InChI=1S/C22H22ClN3O3S/c1-14-5-10-19(29-2)17(12-14)18-13-30-22(25-18)26-20(27)4-3-11-24-21(28)15-6-8-16(23)9-7-15/h5-10,12-13H,3-4,11H2,1-2H3,(H,24,28)(H,25,26,27). The van der Waals surface area contributed by atoms with Crippen LogP contribution in [0.25, 0.3) is 11.3 Å². The molecule has 1 aromatic heterocycles. The number of hydrogen-bond donors (Lipinski definition) is 2. The molecule has 8 heteroatoms. The van der Waals surface area contributed by atoms with E-state index < -0.39 is 0 Å². The van der Waals surface area contributed by atoms with Crippen molar-refractivity contribution in [2.75, 3.05) is 19.0 Å². The molecule has 0 saturated carbocycles. The number of ether oxygens (including phenoxy) is 1. The van der Waals surface area contributed by atoms with Crippen LogP contribution in [0.4, 0.5) is 5.13 Å². The molecule has 30 heavy (non-hydrogen) atoms. The second-order valence-electron chi connectivity index (χ2n) is 6.66. The van der Waals surface area contributed by atoms with Crippen LogP contribution in [0.5, 0.6) is 5.75 Å². The molecular weight excluding hydrogens is 422 g/mol. The molecule has 0 aliphatic heterocycles. The summed E-state index contributed by atoms with van der Waals surface area (Å²) in [5.74, 6) is 0.400. The van der Waals surface area contributed by atoms with E-state index in [4.69, 9.17) is 16.3 Å². The monoisotopic (exact) mass is 443 g/mol. The zero-order valence-electron chi connectivity index (χ0n) is 16.7. The van der Waals surface area contributed by atoms with Crippen molar-refractivity contribution < 1.29 is 14.3 Å². The van der Waals surface area contributed by atoms with Crippen LogP contribution in [0, 0.1) is 6.92 Å². The SMILES string of the molecule is COc1ccc(C)cc1-c1csc(NC(=O)CCCNC(=O)c2ccc(Cl)cc2)n1. The molecule has 0 aliphatic carbocycles. The molecule has 3 rings (SSSR count). The van der Waals surface area contributed by atoms with Gasteiger partial charge in [-0.15, -0.1) is 11.3 Å². The van der Waals surface area contributed by atoms with Crippen molar-refractivity contribution >= 4 is 39.9 Å². The first-order valence-corrected chi connectivity index (χ1v) is 10.7. The first-order chi connectivity index (χ1) is 14.5. The predicted octanol–water partition coefficient (Wildman–Crippen LogP) is 4.93. The van der Waals surface area contributed by atoms with Gasteiger partial charge in [0.25, 0.3) is 5.91 Å². The van der Waals surface area contributed by atoms with Gasteiger partial charge >= 0.3 is 0 Å². The molecule has 2 aromatic carbocycles. The molecule has 0 atom stereocenters. The summed E-state index contributed by atoms with van der Waals surface area (Å²) in [4.78, 5) is 28.7.